The number of hydrogen-bond donors (Lipinski definition) is 0. The van der Waals surface area contributed by atoms with E-state index in [9.17, 15) is 14.4 Å². The quantitative estimate of drug-likeness (QED) is 0.0194. The van der Waals surface area contributed by atoms with Crippen LogP contribution in [0.3, 0.4) is 0 Å². The number of esters is 2. The molecule has 1 atom stereocenters. The highest BCUT2D eigenvalue weighted by Crippen LogP contribution is 2.16. The van der Waals surface area contributed by atoms with Gasteiger partial charge in [0.05, 0.1) is 12.3 Å². The lowest BCUT2D eigenvalue weighted by Crippen LogP contribution is -2.38. The molecule has 0 spiro atoms. The van der Waals surface area contributed by atoms with E-state index in [1.807, 2.05) is 0 Å². The number of carbonyl (C=O) groups excluding carboxylic acids is 3. The Balaban J connectivity index is 2.53. The van der Waals surface area contributed by atoms with Gasteiger partial charge in [0.1, 0.15) is 25.9 Å². The van der Waals surface area contributed by atoms with E-state index in [2.05, 4.69) is 56.9 Å². The Morgan fingerprint density at radius 1 is 0.550 bits per heavy atom. The van der Waals surface area contributed by atoms with E-state index < -0.39 is 24.3 Å². The van der Waals surface area contributed by atoms with Crippen molar-refractivity contribution in [1.29, 1.82) is 0 Å². The normalized spacial score (nSPS) is 14.3. The van der Waals surface area contributed by atoms with E-state index in [1.165, 1.54) is 77.0 Å². The van der Waals surface area contributed by atoms with Crippen LogP contribution >= 0.6 is 0 Å². The van der Waals surface area contributed by atoms with Crippen molar-refractivity contribution in [2.24, 2.45) is 5.92 Å². The van der Waals surface area contributed by atoms with Crippen LogP contribution in [-0.2, 0) is 38.0 Å². The lowest BCUT2D eigenvalue weighted by atomic mass is 10.1. The monoisotopic (exact) mass is 850 g/mol. The third kappa shape index (κ3) is 35.2. The standard InChI is InChI=1S/C50H91NO9/c1-5-9-12-15-18-19-20-21-22-23-24-25-26-27-30-33-47(52)57-42-45(44-59-50(54)60-46-36-38-51(8-4)39-37-46)43-58-48(53)34-35-49(55-40-31-28-16-13-10-6-2)56-41-32-29-17-14-11-7-3/h18-19,21-22,45-46,49H,5-17,20,23-44H2,1-4H3. The van der Waals surface area contributed by atoms with Crippen LogP contribution in [0.15, 0.2) is 24.3 Å². The lowest BCUT2D eigenvalue weighted by Gasteiger charge is -2.30. The minimum atomic E-state index is -0.745. The molecule has 0 amide bonds. The number of ether oxygens (including phenoxy) is 6. The second-order valence-electron chi connectivity index (χ2n) is 16.8. The highest BCUT2D eigenvalue weighted by atomic mass is 16.7. The molecule has 1 aliphatic heterocycles. The molecule has 0 aromatic rings. The predicted molar refractivity (Wildman–Crippen MR) is 244 cm³/mol. The smallest absolute Gasteiger partial charge is 0.465 e. The number of nitrogens with zero attached hydrogens (tertiary/aromatic N) is 1. The molecular weight excluding hydrogens is 759 g/mol. The average Bonchev–Trinajstić information content (AvgIpc) is 3.25. The molecule has 0 aromatic heterocycles. The highest BCUT2D eigenvalue weighted by molar-refractivity contribution is 5.69. The first-order valence-corrected chi connectivity index (χ1v) is 24.8. The molecule has 0 bridgehead atoms. The molecule has 0 radical (unpaired) electrons. The summed E-state index contributed by atoms with van der Waals surface area (Å²) in [7, 11) is 0. The number of hydrogen-bond acceptors (Lipinski definition) is 10. The van der Waals surface area contributed by atoms with Crippen molar-refractivity contribution in [1.82, 2.24) is 4.90 Å². The summed E-state index contributed by atoms with van der Waals surface area (Å²) in [5.74, 6) is -1.20. The molecule has 1 rings (SSSR count). The van der Waals surface area contributed by atoms with Crippen molar-refractivity contribution in [3.63, 3.8) is 0 Å². The Bertz CT molecular complexity index is 1040. The van der Waals surface area contributed by atoms with Crippen molar-refractivity contribution < 1.29 is 42.8 Å². The molecule has 60 heavy (non-hydrogen) atoms. The summed E-state index contributed by atoms with van der Waals surface area (Å²) >= 11 is 0. The fraction of sp³-hybridized carbons (Fsp3) is 0.860. The van der Waals surface area contributed by atoms with Crippen LogP contribution in [0.4, 0.5) is 4.79 Å². The number of piperidine rings is 1. The highest BCUT2D eigenvalue weighted by Gasteiger charge is 2.24. The molecule has 1 aliphatic rings. The summed E-state index contributed by atoms with van der Waals surface area (Å²) in [6, 6.07) is 0. The number of allylic oxidation sites excluding steroid dienone is 4. The number of carbonyl (C=O) groups is 3. The van der Waals surface area contributed by atoms with Crippen LogP contribution in [0.5, 0.6) is 0 Å². The molecular formula is C50H91NO9. The molecule has 1 saturated heterocycles. The van der Waals surface area contributed by atoms with E-state index in [-0.39, 0.29) is 38.3 Å². The van der Waals surface area contributed by atoms with Crippen LogP contribution in [0.25, 0.3) is 0 Å². The summed E-state index contributed by atoms with van der Waals surface area (Å²) in [5, 5.41) is 0. The second kappa shape index (κ2) is 41.9. The zero-order chi connectivity index (χ0) is 43.6. The van der Waals surface area contributed by atoms with E-state index in [4.69, 9.17) is 28.4 Å². The van der Waals surface area contributed by atoms with Gasteiger partial charge in [-0.1, -0.05) is 148 Å². The van der Waals surface area contributed by atoms with Gasteiger partial charge in [-0.3, -0.25) is 9.59 Å². The van der Waals surface area contributed by atoms with Gasteiger partial charge in [-0.15, -0.1) is 0 Å². The Hall–Kier alpha value is -2.43. The summed E-state index contributed by atoms with van der Waals surface area (Å²) in [5.41, 5.74) is 0. The average molecular weight is 850 g/mol. The molecule has 350 valence electrons. The fourth-order valence-corrected chi connectivity index (χ4v) is 7.14. The SMILES string of the molecule is CCCCCC=CCC=CCCCCCCCC(=O)OCC(COC(=O)CCC(OCCCCCCCC)OCCCCCCCC)COC(=O)OC1CCN(CC)CC1. The second-order valence-corrected chi connectivity index (χ2v) is 16.8. The molecule has 10 heteroatoms. The number of likely N-dealkylation sites (tertiary alicyclic amines) is 1. The third-order valence-electron chi connectivity index (χ3n) is 11.2. The van der Waals surface area contributed by atoms with Crippen molar-refractivity contribution in [3.05, 3.63) is 24.3 Å². The minimum Gasteiger partial charge on any atom is -0.465 e. The van der Waals surface area contributed by atoms with Crippen molar-refractivity contribution in [2.75, 3.05) is 52.7 Å². The molecule has 0 saturated carbocycles. The van der Waals surface area contributed by atoms with Gasteiger partial charge in [-0.25, -0.2) is 4.79 Å². The van der Waals surface area contributed by atoms with Crippen molar-refractivity contribution in [2.45, 2.75) is 220 Å². The molecule has 1 fully saturated rings. The van der Waals surface area contributed by atoms with Gasteiger partial charge in [-0.2, -0.15) is 0 Å². The van der Waals surface area contributed by atoms with Gasteiger partial charge in [0.25, 0.3) is 0 Å². The van der Waals surface area contributed by atoms with Gasteiger partial charge < -0.3 is 33.3 Å². The van der Waals surface area contributed by atoms with Gasteiger partial charge in [0.2, 0.25) is 0 Å². The maximum absolute atomic E-state index is 13.0. The first-order chi connectivity index (χ1) is 29.4. The Kier molecular flexibility index (Phi) is 38.8. The van der Waals surface area contributed by atoms with Gasteiger partial charge >= 0.3 is 18.1 Å². The Morgan fingerprint density at radius 3 is 1.58 bits per heavy atom. The Morgan fingerprint density at radius 2 is 1.02 bits per heavy atom. The summed E-state index contributed by atoms with van der Waals surface area (Å²) in [4.78, 5) is 40.6. The number of rotatable bonds is 41. The van der Waals surface area contributed by atoms with Crippen LogP contribution in [-0.4, -0.2) is 88.1 Å². The molecule has 1 heterocycles. The molecule has 10 nitrogen and oxygen atoms in total. The van der Waals surface area contributed by atoms with Gasteiger partial charge in [0.15, 0.2) is 6.29 Å². The molecule has 1 unspecified atom stereocenters. The van der Waals surface area contributed by atoms with Crippen LogP contribution in [0.2, 0.25) is 0 Å². The predicted octanol–water partition coefficient (Wildman–Crippen LogP) is 13.0. The minimum absolute atomic E-state index is 0.0140. The first-order valence-electron chi connectivity index (χ1n) is 24.8. The largest absolute Gasteiger partial charge is 0.508 e. The first kappa shape index (κ1) is 55.6. The fourth-order valence-electron chi connectivity index (χ4n) is 7.14. The topological polar surface area (TPSA) is 110 Å². The van der Waals surface area contributed by atoms with Crippen LogP contribution in [0.1, 0.15) is 207 Å². The summed E-state index contributed by atoms with van der Waals surface area (Å²) in [6.07, 6.45) is 36.4. The zero-order valence-corrected chi connectivity index (χ0v) is 39.1. The number of unbranched alkanes of at least 4 members (excludes halogenated alkanes) is 18. The molecule has 0 aliphatic carbocycles. The summed E-state index contributed by atoms with van der Waals surface area (Å²) in [6.45, 7) is 12.6. The molecule has 0 aromatic carbocycles. The van der Waals surface area contributed by atoms with E-state index in [0.717, 1.165) is 103 Å². The van der Waals surface area contributed by atoms with Crippen LogP contribution < -0.4 is 0 Å². The van der Waals surface area contributed by atoms with E-state index in [0.29, 0.717) is 26.1 Å². The van der Waals surface area contributed by atoms with E-state index in [1.54, 1.807) is 0 Å². The van der Waals surface area contributed by atoms with Crippen LogP contribution in [0, 0.1) is 5.92 Å². The van der Waals surface area contributed by atoms with Crippen molar-refractivity contribution >= 4 is 18.1 Å². The molecule has 0 N–H and O–H groups in total. The van der Waals surface area contributed by atoms with Gasteiger partial charge in [0, 0.05) is 39.1 Å². The summed E-state index contributed by atoms with van der Waals surface area (Å²) < 4.78 is 34.5. The zero-order valence-electron chi connectivity index (χ0n) is 39.1. The van der Waals surface area contributed by atoms with Crippen molar-refractivity contribution in [3.8, 4) is 0 Å². The third-order valence-corrected chi connectivity index (χ3v) is 11.2. The van der Waals surface area contributed by atoms with Gasteiger partial charge in [-0.05, 0) is 70.8 Å². The lowest BCUT2D eigenvalue weighted by molar-refractivity contribution is -0.161. The maximum atomic E-state index is 13.0. The maximum Gasteiger partial charge on any atom is 0.508 e. The Labute approximate surface area is 367 Å². The van der Waals surface area contributed by atoms with E-state index >= 15 is 0 Å².